The number of anilines is 1. The number of nitrogens with two attached hydrogens (primary N) is 1. The van der Waals surface area contributed by atoms with Crippen molar-refractivity contribution in [1.82, 2.24) is 10.2 Å². The van der Waals surface area contributed by atoms with Crippen LogP contribution in [0.25, 0.3) is 11.3 Å². The Bertz CT molecular complexity index is 825. The molecule has 3 N–H and O–H groups in total. The number of hydrogen-bond acceptors (Lipinski definition) is 4. The van der Waals surface area contributed by atoms with Gasteiger partial charge in [0.1, 0.15) is 5.82 Å². The van der Waals surface area contributed by atoms with Crippen molar-refractivity contribution in [2.24, 2.45) is 5.73 Å². The summed E-state index contributed by atoms with van der Waals surface area (Å²) >= 11 is 0. The van der Waals surface area contributed by atoms with Crippen molar-refractivity contribution >= 4 is 11.7 Å². The first kappa shape index (κ1) is 15.7. The summed E-state index contributed by atoms with van der Waals surface area (Å²) in [6, 6.07) is 19.2. The van der Waals surface area contributed by atoms with Crippen molar-refractivity contribution in [3.8, 4) is 11.3 Å². The average Bonchev–Trinajstić information content (AvgIpc) is 2.61. The fourth-order valence-corrected chi connectivity index (χ4v) is 2.28. The molecule has 3 aromatic rings. The molecule has 1 amide bonds. The molecule has 3 rings (SSSR count). The van der Waals surface area contributed by atoms with Crippen LogP contribution in [0.1, 0.15) is 21.5 Å². The van der Waals surface area contributed by atoms with E-state index >= 15 is 0 Å². The summed E-state index contributed by atoms with van der Waals surface area (Å²) in [4.78, 5) is 11.0. The predicted octanol–water partition coefficient (Wildman–Crippen LogP) is 3.16. The average molecular weight is 318 g/mol. The fraction of sp³-hybridized carbons (Fsp3) is 0.105. The summed E-state index contributed by atoms with van der Waals surface area (Å²) < 4.78 is 0. The van der Waals surface area contributed by atoms with Crippen LogP contribution in [0.2, 0.25) is 0 Å². The molecule has 5 nitrogen and oxygen atoms in total. The first-order valence-corrected chi connectivity index (χ1v) is 7.65. The van der Waals surface area contributed by atoms with Crippen LogP contribution in [-0.4, -0.2) is 16.1 Å². The van der Waals surface area contributed by atoms with Gasteiger partial charge < -0.3 is 11.1 Å². The Balaban J connectivity index is 1.63. The molecular formula is C19H18N4O. The minimum Gasteiger partial charge on any atom is -0.366 e. The molecule has 1 heterocycles. The Labute approximate surface area is 140 Å². The van der Waals surface area contributed by atoms with E-state index in [-0.39, 0.29) is 0 Å². The molecule has 2 aromatic carbocycles. The van der Waals surface area contributed by atoms with Gasteiger partial charge in [0.15, 0.2) is 0 Å². The third-order valence-corrected chi connectivity index (χ3v) is 3.72. The largest absolute Gasteiger partial charge is 0.366 e. The van der Waals surface area contributed by atoms with Crippen LogP contribution in [-0.2, 0) is 6.54 Å². The number of benzene rings is 2. The molecule has 0 unspecified atom stereocenters. The highest BCUT2D eigenvalue weighted by Gasteiger charge is 2.02. The van der Waals surface area contributed by atoms with Gasteiger partial charge in [0.2, 0.25) is 5.91 Å². The number of carbonyl (C=O) groups excluding carboxylic acids is 1. The molecule has 0 aliphatic rings. The lowest BCUT2D eigenvalue weighted by molar-refractivity contribution is 0.100. The second-order valence-electron chi connectivity index (χ2n) is 5.58. The van der Waals surface area contributed by atoms with Gasteiger partial charge in [0.25, 0.3) is 0 Å². The first-order valence-electron chi connectivity index (χ1n) is 7.65. The Hall–Kier alpha value is -3.21. The molecule has 0 fully saturated rings. The van der Waals surface area contributed by atoms with Gasteiger partial charge in [-0.05, 0) is 36.8 Å². The van der Waals surface area contributed by atoms with Gasteiger partial charge in [-0.25, -0.2) is 0 Å². The molecule has 1 aromatic heterocycles. The Kier molecular flexibility index (Phi) is 4.52. The van der Waals surface area contributed by atoms with E-state index in [4.69, 9.17) is 5.73 Å². The van der Waals surface area contributed by atoms with Crippen molar-refractivity contribution in [2.45, 2.75) is 13.5 Å². The van der Waals surface area contributed by atoms with Gasteiger partial charge in [0, 0.05) is 17.7 Å². The van der Waals surface area contributed by atoms with Crippen LogP contribution in [0, 0.1) is 6.92 Å². The Morgan fingerprint density at radius 1 is 0.958 bits per heavy atom. The quantitative estimate of drug-likeness (QED) is 0.757. The number of aryl methyl sites for hydroxylation is 1. The van der Waals surface area contributed by atoms with Crippen LogP contribution in [0.4, 0.5) is 5.82 Å². The number of carbonyl (C=O) groups is 1. The van der Waals surface area contributed by atoms with Crippen LogP contribution in [0.15, 0.2) is 60.7 Å². The lowest BCUT2D eigenvalue weighted by atomic mass is 10.1. The van der Waals surface area contributed by atoms with E-state index in [0.29, 0.717) is 17.9 Å². The van der Waals surface area contributed by atoms with Gasteiger partial charge in [-0.3, -0.25) is 4.79 Å². The van der Waals surface area contributed by atoms with Crippen molar-refractivity contribution in [3.63, 3.8) is 0 Å². The van der Waals surface area contributed by atoms with E-state index in [9.17, 15) is 4.79 Å². The number of amides is 1. The Morgan fingerprint density at radius 3 is 2.25 bits per heavy atom. The molecule has 0 aliphatic carbocycles. The minimum absolute atomic E-state index is 0.424. The SMILES string of the molecule is Cc1ccc(-c2ccc(NCc3ccc(C(N)=O)cc3)nn2)cc1. The summed E-state index contributed by atoms with van der Waals surface area (Å²) in [6.45, 7) is 2.65. The minimum atomic E-state index is -0.424. The normalized spacial score (nSPS) is 10.4. The number of hydrogen-bond donors (Lipinski definition) is 2. The van der Waals surface area contributed by atoms with Crippen molar-refractivity contribution in [3.05, 3.63) is 77.4 Å². The Morgan fingerprint density at radius 2 is 1.67 bits per heavy atom. The highest BCUT2D eigenvalue weighted by Crippen LogP contribution is 2.17. The van der Waals surface area contributed by atoms with Crippen LogP contribution in [0.3, 0.4) is 0 Å². The van der Waals surface area contributed by atoms with Crippen molar-refractivity contribution < 1.29 is 4.79 Å². The van der Waals surface area contributed by atoms with E-state index in [0.717, 1.165) is 16.8 Å². The molecule has 0 aliphatic heterocycles. The zero-order valence-electron chi connectivity index (χ0n) is 13.4. The van der Waals surface area contributed by atoms with Gasteiger partial charge in [-0.1, -0.05) is 42.0 Å². The van der Waals surface area contributed by atoms with Gasteiger partial charge in [-0.2, -0.15) is 0 Å². The summed E-state index contributed by atoms with van der Waals surface area (Å²) in [5, 5.41) is 11.7. The second kappa shape index (κ2) is 6.91. The number of nitrogens with zero attached hydrogens (tertiary/aromatic N) is 2. The number of nitrogens with one attached hydrogen (secondary N) is 1. The topological polar surface area (TPSA) is 80.9 Å². The maximum Gasteiger partial charge on any atom is 0.248 e. The third kappa shape index (κ3) is 3.76. The molecule has 0 spiro atoms. The number of aromatic nitrogens is 2. The van der Waals surface area contributed by atoms with Crippen molar-refractivity contribution in [1.29, 1.82) is 0 Å². The molecule has 0 saturated carbocycles. The molecular weight excluding hydrogens is 300 g/mol. The standard InChI is InChI=1S/C19H18N4O/c1-13-2-6-15(7-3-13)17-10-11-18(23-22-17)21-12-14-4-8-16(9-5-14)19(20)24/h2-11H,12H2,1H3,(H2,20,24)(H,21,23). The van der Waals surface area contributed by atoms with E-state index < -0.39 is 5.91 Å². The zero-order chi connectivity index (χ0) is 16.9. The lowest BCUT2D eigenvalue weighted by Gasteiger charge is -2.07. The molecule has 0 bridgehead atoms. The summed E-state index contributed by atoms with van der Waals surface area (Å²) in [5.74, 6) is 0.275. The van der Waals surface area contributed by atoms with E-state index in [1.807, 2.05) is 36.4 Å². The molecule has 120 valence electrons. The maximum absolute atomic E-state index is 11.0. The maximum atomic E-state index is 11.0. The van der Waals surface area contributed by atoms with Crippen LogP contribution < -0.4 is 11.1 Å². The van der Waals surface area contributed by atoms with Crippen LogP contribution in [0.5, 0.6) is 0 Å². The number of rotatable bonds is 5. The second-order valence-corrected chi connectivity index (χ2v) is 5.58. The zero-order valence-corrected chi connectivity index (χ0v) is 13.4. The molecule has 0 saturated heterocycles. The summed E-state index contributed by atoms with van der Waals surface area (Å²) in [6.07, 6.45) is 0. The summed E-state index contributed by atoms with van der Waals surface area (Å²) in [5.41, 5.74) is 9.86. The van der Waals surface area contributed by atoms with Gasteiger partial charge in [-0.15, -0.1) is 10.2 Å². The monoisotopic (exact) mass is 318 g/mol. The first-order chi connectivity index (χ1) is 11.6. The smallest absolute Gasteiger partial charge is 0.248 e. The molecule has 24 heavy (non-hydrogen) atoms. The fourth-order valence-electron chi connectivity index (χ4n) is 2.28. The van der Waals surface area contributed by atoms with E-state index in [1.54, 1.807) is 12.1 Å². The van der Waals surface area contributed by atoms with Crippen LogP contribution >= 0.6 is 0 Å². The van der Waals surface area contributed by atoms with Gasteiger partial charge in [0.05, 0.1) is 5.69 Å². The third-order valence-electron chi connectivity index (χ3n) is 3.72. The molecule has 0 atom stereocenters. The molecule has 5 heteroatoms. The van der Waals surface area contributed by atoms with E-state index in [2.05, 4.69) is 34.6 Å². The molecule has 0 radical (unpaired) electrons. The summed E-state index contributed by atoms with van der Waals surface area (Å²) in [7, 11) is 0. The van der Waals surface area contributed by atoms with Crippen molar-refractivity contribution in [2.75, 3.05) is 5.32 Å². The lowest BCUT2D eigenvalue weighted by Crippen LogP contribution is -2.11. The highest BCUT2D eigenvalue weighted by atomic mass is 16.1. The van der Waals surface area contributed by atoms with E-state index in [1.165, 1.54) is 5.56 Å². The predicted molar refractivity (Wildman–Crippen MR) is 94.5 cm³/mol. The number of primary amides is 1. The highest BCUT2D eigenvalue weighted by molar-refractivity contribution is 5.92. The van der Waals surface area contributed by atoms with Gasteiger partial charge >= 0.3 is 0 Å².